The quantitative estimate of drug-likeness (QED) is 0.613. The minimum atomic E-state index is -0.721. The van der Waals surface area contributed by atoms with E-state index in [9.17, 15) is 9.18 Å². The summed E-state index contributed by atoms with van der Waals surface area (Å²) in [5.74, 6) is -0.473. The molecule has 0 fully saturated rings. The van der Waals surface area contributed by atoms with Crippen LogP contribution in [-0.2, 0) is 0 Å². The van der Waals surface area contributed by atoms with Crippen molar-refractivity contribution in [2.45, 2.75) is 0 Å². The van der Waals surface area contributed by atoms with Gasteiger partial charge in [-0.3, -0.25) is 4.79 Å². The number of benzene rings is 1. The van der Waals surface area contributed by atoms with Crippen LogP contribution in [0.1, 0.15) is 16.1 Å². The summed E-state index contributed by atoms with van der Waals surface area (Å²) in [6.45, 7) is 0. The minimum Gasteiger partial charge on any atom is -0.453 e. The van der Waals surface area contributed by atoms with Crippen molar-refractivity contribution in [3.63, 3.8) is 0 Å². The fourth-order valence-corrected chi connectivity index (χ4v) is 2.35. The van der Waals surface area contributed by atoms with Gasteiger partial charge in [-0.25, -0.2) is 4.39 Å². The average molecular weight is 329 g/mol. The molecule has 0 aliphatic heterocycles. The lowest BCUT2D eigenvalue weighted by molar-refractivity contribution is 0.110. The molecule has 0 spiro atoms. The van der Waals surface area contributed by atoms with Crippen LogP contribution in [0.5, 0.6) is 0 Å². The third-order valence-electron chi connectivity index (χ3n) is 2.27. The summed E-state index contributed by atoms with van der Waals surface area (Å²) >= 11 is 8.94. The van der Waals surface area contributed by atoms with E-state index in [0.717, 1.165) is 0 Å². The van der Waals surface area contributed by atoms with Crippen molar-refractivity contribution in [2.24, 2.45) is 0 Å². The molecular formula is C12H4BrClFNO2. The Morgan fingerprint density at radius 1 is 1.50 bits per heavy atom. The number of nitrogens with zero attached hydrogens (tertiary/aromatic N) is 1. The summed E-state index contributed by atoms with van der Waals surface area (Å²) in [7, 11) is 0. The standard InChI is InChI=1S/C12H4BrClFNO2/c13-8-3-9(14)11(7(4-16)12(8)15)10-2-1-6(5-17)18-10/h1-3,5H. The Morgan fingerprint density at radius 3 is 2.78 bits per heavy atom. The van der Waals surface area contributed by atoms with Crippen molar-refractivity contribution >= 4 is 33.8 Å². The molecule has 2 aromatic rings. The molecule has 0 bridgehead atoms. The van der Waals surface area contributed by atoms with Crippen LogP contribution in [0, 0.1) is 17.1 Å². The number of halogens is 3. The third-order valence-corrected chi connectivity index (χ3v) is 3.15. The second-order valence-electron chi connectivity index (χ2n) is 3.34. The fraction of sp³-hybridized carbons (Fsp3) is 0. The molecular weight excluding hydrogens is 324 g/mol. The topological polar surface area (TPSA) is 54.0 Å². The molecule has 0 saturated heterocycles. The fourth-order valence-electron chi connectivity index (χ4n) is 1.49. The van der Waals surface area contributed by atoms with Gasteiger partial charge in [0.05, 0.1) is 15.1 Å². The molecule has 3 nitrogen and oxygen atoms in total. The second kappa shape index (κ2) is 4.92. The zero-order valence-corrected chi connectivity index (χ0v) is 11.0. The SMILES string of the molecule is N#Cc1c(F)c(Br)cc(Cl)c1-c1ccc(C=O)o1. The number of carbonyl (C=O) groups is 1. The molecule has 0 saturated carbocycles. The molecule has 0 amide bonds. The van der Waals surface area contributed by atoms with Crippen molar-refractivity contribution in [2.75, 3.05) is 0 Å². The van der Waals surface area contributed by atoms with Crippen LogP contribution >= 0.6 is 27.5 Å². The molecule has 0 atom stereocenters. The largest absolute Gasteiger partial charge is 0.453 e. The Kier molecular flexibility index (Phi) is 3.50. The molecule has 1 heterocycles. The lowest BCUT2D eigenvalue weighted by atomic mass is 10.1. The zero-order chi connectivity index (χ0) is 13.3. The highest BCUT2D eigenvalue weighted by Crippen LogP contribution is 2.36. The summed E-state index contributed by atoms with van der Waals surface area (Å²) in [6.07, 6.45) is 0.513. The highest BCUT2D eigenvalue weighted by molar-refractivity contribution is 9.10. The van der Waals surface area contributed by atoms with E-state index >= 15 is 0 Å². The summed E-state index contributed by atoms with van der Waals surface area (Å²) in [5.41, 5.74) is -0.103. The average Bonchev–Trinajstić information content (AvgIpc) is 2.81. The van der Waals surface area contributed by atoms with Crippen molar-refractivity contribution in [1.29, 1.82) is 5.26 Å². The number of nitriles is 1. The van der Waals surface area contributed by atoms with E-state index in [0.29, 0.717) is 6.29 Å². The number of rotatable bonds is 2. The molecule has 0 radical (unpaired) electrons. The van der Waals surface area contributed by atoms with Crippen LogP contribution in [0.3, 0.4) is 0 Å². The Hall–Kier alpha value is -1.64. The van der Waals surface area contributed by atoms with E-state index in [1.54, 1.807) is 6.07 Å². The van der Waals surface area contributed by atoms with E-state index < -0.39 is 5.82 Å². The molecule has 0 aliphatic rings. The predicted molar refractivity (Wildman–Crippen MR) is 66.9 cm³/mol. The Morgan fingerprint density at radius 2 is 2.22 bits per heavy atom. The molecule has 6 heteroatoms. The molecule has 0 unspecified atom stereocenters. The van der Waals surface area contributed by atoms with E-state index in [1.807, 2.05) is 0 Å². The lowest BCUT2D eigenvalue weighted by Crippen LogP contribution is -1.92. The number of hydrogen-bond donors (Lipinski definition) is 0. The summed E-state index contributed by atoms with van der Waals surface area (Å²) in [5, 5.41) is 9.15. The lowest BCUT2D eigenvalue weighted by Gasteiger charge is -2.06. The smallest absolute Gasteiger partial charge is 0.185 e. The van der Waals surface area contributed by atoms with Gasteiger partial charge in [0, 0.05) is 0 Å². The normalized spacial score (nSPS) is 10.1. The Bertz CT molecular complexity index is 675. The van der Waals surface area contributed by atoms with Crippen LogP contribution in [0.2, 0.25) is 5.02 Å². The van der Waals surface area contributed by atoms with Gasteiger partial charge in [0.15, 0.2) is 17.9 Å². The highest BCUT2D eigenvalue weighted by Gasteiger charge is 2.20. The second-order valence-corrected chi connectivity index (χ2v) is 4.60. The molecule has 1 aromatic heterocycles. The van der Waals surface area contributed by atoms with Crippen molar-refractivity contribution < 1.29 is 13.6 Å². The van der Waals surface area contributed by atoms with Crippen molar-refractivity contribution in [1.82, 2.24) is 0 Å². The first-order chi connectivity index (χ1) is 8.58. The van der Waals surface area contributed by atoms with Crippen LogP contribution in [0.4, 0.5) is 4.39 Å². The molecule has 18 heavy (non-hydrogen) atoms. The first kappa shape index (κ1) is 12.8. The predicted octanol–water partition coefficient (Wildman–Crippen LogP) is 4.19. The molecule has 1 aromatic carbocycles. The molecule has 0 N–H and O–H groups in total. The zero-order valence-electron chi connectivity index (χ0n) is 8.71. The summed E-state index contributed by atoms with van der Waals surface area (Å²) < 4.78 is 19.0. The Labute approximate surface area is 115 Å². The molecule has 0 aliphatic carbocycles. The monoisotopic (exact) mass is 327 g/mol. The first-order valence-electron chi connectivity index (χ1n) is 4.71. The van der Waals surface area contributed by atoms with Gasteiger partial charge in [-0.15, -0.1) is 0 Å². The van der Waals surface area contributed by atoms with Gasteiger partial charge in [0.1, 0.15) is 17.4 Å². The van der Waals surface area contributed by atoms with E-state index in [1.165, 1.54) is 18.2 Å². The molecule has 2 rings (SSSR count). The van der Waals surface area contributed by atoms with Gasteiger partial charge < -0.3 is 4.42 Å². The minimum absolute atomic E-state index is 0.0771. The van der Waals surface area contributed by atoms with Gasteiger partial charge in [0.25, 0.3) is 0 Å². The van der Waals surface area contributed by atoms with Gasteiger partial charge in [-0.05, 0) is 34.1 Å². The number of furan rings is 1. The maximum atomic E-state index is 13.8. The summed E-state index contributed by atoms with van der Waals surface area (Å²) in [4.78, 5) is 10.5. The van der Waals surface area contributed by atoms with Crippen molar-refractivity contribution in [3.05, 3.63) is 44.8 Å². The molecule has 90 valence electrons. The first-order valence-corrected chi connectivity index (χ1v) is 5.88. The maximum Gasteiger partial charge on any atom is 0.185 e. The van der Waals surface area contributed by atoms with Gasteiger partial charge >= 0.3 is 0 Å². The van der Waals surface area contributed by atoms with E-state index in [2.05, 4.69) is 15.9 Å². The van der Waals surface area contributed by atoms with Crippen LogP contribution in [0.15, 0.2) is 27.1 Å². The van der Waals surface area contributed by atoms with Crippen LogP contribution in [-0.4, -0.2) is 6.29 Å². The maximum absolute atomic E-state index is 13.8. The van der Waals surface area contributed by atoms with Gasteiger partial charge in [-0.1, -0.05) is 11.6 Å². The van der Waals surface area contributed by atoms with E-state index in [-0.39, 0.29) is 32.1 Å². The number of aldehydes is 1. The van der Waals surface area contributed by atoms with Gasteiger partial charge in [0.2, 0.25) is 0 Å². The number of hydrogen-bond acceptors (Lipinski definition) is 3. The third kappa shape index (κ3) is 2.05. The van der Waals surface area contributed by atoms with Gasteiger partial charge in [-0.2, -0.15) is 5.26 Å². The van der Waals surface area contributed by atoms with E-state index in [4.69, 9.17) is 21.3 Å². The van der Waals surface area contributed by atoms with Crippen molar-refractivity contribution in [3.8, 4) is 17.4 Å². The highest BCUT2D eigenvalue weighted by atomic mass is 79.9. The number of carbonyl (C=O) groups excluding carboxylic acids is 1. The van der Waals surface area contributed by atoms with Crippen LogP contribution < -0.4 is 0 Å². The Balaban J connectivity index is 2.74. The summed E-state index contributed by atoms with van der Waals surface area (Å²) in [6, 6.07) is 5.94. The van der Waals surface area contributed by atoms with Crippen LogP contribution in [0.25, 0.3) is 11.3 Å².